The van der Waals surface area contributed by atoms with Gasteiger partial charge in [0, 0.05) is 16.9 Å². The molecular weight excluding hydrogens is 218 g/mol. The molecule has 5 heteroatoms. The summed E-state index contributed by atoms with van der Waals surface area (Å²) in [5, 5.41) is 19.8. The quantitative estimate of drug-likeness (QED) is 0.739. The van der Waals surface area contributed by atoms with Crippen molar-refractivity contribution in [2.45, 2.75) is 19.8 Å². The molecule has 88 valence electrons. The molecule has 0 unspecified atom stereocenters. The van der Waals surface area contributed by atoms with Crippen molar-refractivity contribution in [2.24, 2.45) is 5.41 Å². The van der Waals surface area contributed by atoms with Gasteiger partial charge in [0.05, 0.1) is 5.52 Å². The number of nitrogens with zero attached hydrogens (tertiary/aromatic N) is 1. The molecule has 5 nitrogen and oxygen atoms in total. The molecule has 1 aliphatic rings. The normalized spacial score (nSPS) is 17.0. The van der Waals surface area contributed by atoms with Gasteiger partial charge in [-0.15, -0.1) is 0 Å². The molecule has 0 bridgehead atoms. The molecule has 17 heavy (non-hydrogen) atoms. The Hall–Kier alpha value is -2.04. The van der Waals surface area contributed by atoms with Gasteiger partial charge in [0.2, 0.25) is 5.91 Å². The first-order chi connectivity index (χ1) is 8.08. The lowest BCUT2D eigenvalue weighted by atomic mass is 10.1. The topological polar surface area (TPSA) is 78.0 Å². The van der Waals surface area contributed by atoms with Gasteiger partial charge in [-0.25, -0.2) is 0 Å². The number of phenols is 1. The number of hydrogen-bond donors (Lipinski definition) is 3. The Morgan fingerprint density at radius 3 is 3.00 bits per heavy atom. The highest BCUT2D eigenvalue weighted by atomic mass is 16.3. The first-order valence-corrected chi connectivity index (χ1v) is 5.57. The summed E-state index contributed by atoms with van der Waals surface area (Å²) in [7, 11) is 0. The number of carbonyl (C=O) groups is 1. The molecule has 1 amide bonds. The predicted molar refractivity (Wildman–Crippen MR) is 63.7 cm³/mol. The van der Waals surface area contributed by atoms with Gasteiger partial charge < -0.3 is 10.4 Å². The summed E-state index contributed by atoms with van der Waals surface area (Å²) in [6.45, 7) is 1.95. The van der Waals surface area contributed by atoms with Crippen LogP contribution in [0.5, 0.6) is 5.75 Å². The smallest absolute Gasteiger partial charge is 0.231 e. The summed E-state index contributed by atoms with van der Waals surface area (Å²) in [5.41, 5.74) is 0.489. The van der Waals surface area contributed by atoms with Gasteiger partial charge in [0.15, 0.2) is 5.82 Å². The van der Waals surface area contributed by atoms with Crippen molar-refractivity contribution in [3.05, 3.63) is 18.2 Å². The van der Waals surface area contributed by atoms with Crippen LogP contribution in [0.2, 0.25) is 0 Å². The lowest BCUT2D eigenvalue weighted by molar-refractivity contribution is -0.120. The Balaban J connectivity index is 1.93. The van der Waals surface area contributed by atoms with Gasteiger partial charge in [-0.2, -0.15) is 5.10 Å². The van der Waals surface area contributed by atoms with E-state index >= 15 is 0 Å². The zero-order valence-corrected chi connectivity index (χ0v) is 9.45. The summed E-state index contributed by atoms with van der Waals surface area (Å²) in [6.07, 6.45) is 1.87. The zero-order chi connectivity index (χ0) is 12.0. The van der Waals surface area contributed by atoms with Gasteiger partial charge in [-0.05, 0) is 25.0 Å². The van der Waals surface area contributed by atoms with Gasteiger partial charge >= 0.3 is 0 Å². The van der Waals surface area contributed by atoms with E-state index in [1.807, 2.05) is 6.92 Å². The van der Waals surface area contributed by atoms with Crippen molar-refractivity contribution in [1.82, 2.24) is 10.2 Å². The van der Waals surface area contributed by atoms with Gasteiger partial charge in [-0.3, -0.25) is 9.89 Å². The molecule has 0 radical (unpaired) electrons. The predicted octanol–water partition coefficient (Wildman–Crippen LogP) is 2.01. The van der Waals surface area contributed by atoms with Crippen LogP contribution in [0.1, 0.15) is 19.8 Å². The second-order valence-corrected chi connectivity index (χ2v) is 4.82. The summed E-state index contributed by atoms with van der Waals surface area (Å²) in [5.74, 6) is 0.713. The Morgan fingerprint density at radius 1 is 1.53 bits per heavy atom. The van der Waals surface area contributed by atoms with Gasteiger partial charge in [-0.1, -0.05) is 6.92 Å². The van der Waals surface area contributed by atoms with Crippen LogP contribution in [-0.4, -0.2) is 21.2 Å². The van der Waals surface area contributed by atoms with Crippen molar-refractivity contribution in [3.8, 4) is 5.75 Å². The van der Waals surface area contributed by atoms with E-state index in [1.165, 1.54) is 0 Å². The average molecular weight is 231 g/mol. The van der Waals surface area contributed by atoms with Crippen LogP contribution in [0.3, 0.4) is 0 Å². The van der Waals surface area contributed by atoms with Crippen LogP contribution < -0.4 is 5.32 Å². The maximum absolute atomic E-state index is 11.9. The van der Waals surface area contributed by atoms with Crippen molar-refractivity contribution in [1.29, 1.82) is 0 Å². The van der Waals surface area contributed by atoms with Crippen molar-refractivity contribution in [3.63, 3.8) is 0 Å². The monoisotopic (exact) mass is 231 g/mol. The molecule has 0 atom stereocenters. The summed E-state index contributed by atoms with van der Waals surface area (Å²) < 4.78 is 0. The largest absolute Gasteiger partial charge is 0.508 e. The lowest BCUT2D eigenvalue weighted by Gasteiger charge is -2.07. The molecule has 0 aliphatic heterocycles. The Bertz CT molecular complexity index is 599. The summed E-state index contributed by atoms with van der Waals surface area (Å²) >= 11 is 0. The highest BCUT2D eigenvalue weighted by Gasteiger charge is 2.45. The number of aromatic amines is 1. The number of H-pyrrole nitrogens is 1. The number of phenolic OH excluding ortho intramolecular Hbond substituents is 1. The Kier molecular flexibility index (Phi) is 1.92. The fourth-order valence-electron chi connectivity index (χ4n) is 1.78. The third-order valence-corrected chi connectivity index (χ3v) is 3.33. The molecule has 1 fully saturated rings. The fourth-order valence-corrected chi connectivity index (χ4v) is 1.78. The number of amides is 1. The molecule has 0 spiro atoms. The van der Waals surface area contributed by atoms with E-state index in [1.54, 1.807) is 18.2 Å². The highest BCUT2D eigenvalue weighted by molar-refractivity contribution is 6.02. The number of nitrogens with one attached hydrogen (secondary N) is 2. The number of hydrogen-bond acceptors (Lipinski definition) is 3. The van der Waals surface area contributed by atoms with Crippen molar-refractivity contribution in [2.75, 3.05) is 5.32 Å². The van der Waals surface area contributed by atoms with E-state index in [-0.39, 0.29) is 17.1 Å². The minimum Gasteiger partial charge on any atom is -0.508 e. The Morgan fingerprint density at radius 2 is 2.29 bits per heavy atom. The number of rotatable bonds is 2. The Labute approximate surface area is 97.8 Å². The van der Waals surface area contributed by atoms with Crippen molar-refractivity contribution < 1.29 is 9.90 Å². The first kappa shape index (κ1) is 10.1. The molecule has 1 aromatic heterocycles. The molecule has 3 rings (SSSR count). The van der Waals surface area contributed by atoms with E-state index in [4.69, 9.17) is 0 Å². The van der Waals surface area contributed by atoms with Gasteiger partial charge in [0.25, 0.3) is 0 Å². The number of aromatic hydroxyl groups is 1. The summed E-state index contributed by atoms with van der Waals surface area (Å²) in [4.78, 5) is 11.9. The maximum atomic E-state index is 11.9. The minimum absolute atomic E-state index is 0.0129. The molecule has 2 aromatic rings. The molecule has 1 aromatic carbocycles. The standard InChI is InChI=1S/C12H13N3O2/c1-12(4-5-12)11(17)13-10-8-3-2-7(16)6-9(8)14-15-10/h2-3,6,16H,4-5H2,1H3,(H2,13,14,15,17). The zero-order valence-electron chi connectivity index (χ0n) is 9.45. The van der Waals surface area contributed by atoms with Crippen molar-refractivity contribution >= 4 is 22.6 Å². The van der Waals surface area contributed by atoms with E-state index in [0.717, 1.165) is 18.2 Å². The molecule has 1 aliphatic carbocycles. The molecule has 0 saturated heterocycles. The van der Waals surface area contributed by atoms with Crippen LogP contribution in [0.25, 0.3) is 10.9 Å². The second kappa shape index (κ2) is 3.23. The number of carbonyl (C=O) groups excluding carboxylic acids is 1. The SMILES string of the molecule is CC1(C(=O)Nc2n[nH]c3cc(O)ccc23)CC1. The van der Waals surface area contributed by atoms with E-state index in [0.29, 0.717) is 11.3 Å². The molecule has 1 heterocycles. The lowest BCUT2D eigenvalue weighted by Crippen LogP contribution is -2.21. The van der Waals surface area contributed by atoms with Gasteiger partial charge in [0.1, 0.15) is 5.75 Å². The minimum atomic E-state index is -0.220. The molecule has 3 N–H and O–H groups in total. The summed E-state index contributed by atoms with van der Waals surface area (Å²) in [6, 6.07) is 4.89. The fraction of sp³-hybridized carbons (Fsp3) is 0.333. The van der Waals surface area contributed by atoms with Crippen LogP contribution >= 0.6 is 0 Å². The number of fused-ring (bicyclic) bond motifs is 1. The molecule has 1 saturated carbocycles. The van der Waals surface area contributed by atoms with E-state index in [2.05, 4.69) is 15.5 Å². The number of anilines is 1. The third-order valence-electron chi connectivity index (χ3n) is 3.33. The number of benzene rings is 1. The molecular formula is C12H13N3O2. The van der Waals surface area contributed by atoms with E-state index < -0.39 is 0 Å². The van der Waals surface area contributed by atoms with Crippen LogP contribution in [0.4, 0.5) is 5.82 Å². The van der Waals surface area contributed by atoms with Crippen LogP contribution in [-0.2, 0) is 4.79 Å². The van der Waals surface area contributed by atoms with Crippen LogP contribution in [0.15, 0.2) is 18.2 Å². The van der Waals surface area contributed by atoms with E-state index in [9.17, 15) is 9.90 Å². The average Bonchev–Trinajstić information content (AvgIpc) is 2.93. The third kappa shape index (κ3) is 1.63. The van der Waals surface area contributed by atoms with Crippen LogP contribution in [0, 0.1) is 5.41 Å². The number of aromatic nitrogens is 2. The second-order valence-electron chi connectivity index (χ2n) is 4.82. The highest BCUT2D eigenvalue weighted by Crippen LogP contribution is 2.45. The first-order valence-electron chi connectivity index (χ1n) is 5.57. The maximum Gasteiger partial charge on any atom is 0.231 e.